The fourth-order valence-corrected chi connectivity index (χ4v) is 2.41. The van der Waals surface area contributed by atoms with Gasteiger partial charge >= 0.3 is 0 Å². The van der Waals surface area contributed by atoms with E-state index < -0.39 is 0 Å². The molecule has 0 bridgehead atoms. The molecule has 0 saturated heterocycles. The monoisotopic (exact) mass is 319 g/mol. The standard InChI is InChI=1S/C16H11Cl2NO2/c1-9-12(18)3-2-4-13(9)19-16(20)15-8-10-7-11(17)5-6-14(10)21-15/h2-8H,1H3,(H,19,20). The van der Waals surface area contributed by atoms with Crippen molar-refractivity contribution in [3.8, 4) is 0 Å². The number of halogens is 2. The molecule has 2 aromatic carbocycles. The van der Waals surface area contributed by atoms with E-state index in [0.717, 1.165) is 10.9 Å². The van der Waals surface area contributed by atoms with Crippen LogP contribution in [0.1, 0.15) is 16.1 Å². The maximum atomic E-state index is 12.3. The zero-order chi connectivity index (χ0) is 15.0. The second-order valence-electron chi connectivity index (χ2n) is 4.66. The molecule has 21 heavy (non-hydrogen) atoms. The second-order valence-corrected chi connectivity index (χ2v) is 5.50. The third kappa shape index (κ3) is 2.75. The van der Waals surface area contributed by atoms with Crippen LogP contribution >= 0.6 is 23.2 Å². The third-order valence-corrected chi connectivity index (χ3v) is 3.86. The van der Waals surface area contributed by atoms with Crippen LogP contribution in [0.25, 0.3) is 11.0 Å². The summed E-state index contributed by atoms with van der Waals surface area (Å²) in [6.45, 7) is 1.84. The second kappa shape index (κ2) is 5.43. The van der Waals surface area contributed by atoms with Crippen molar-refractivity contribution in [1.29, 1.82) is 0 Å². The number of benzene rings is 2. The molecule has 0 unspecified atom stereocenters. The number of hydrogen-bond donors (Lipinski definition) is 1. The molecule has 0 spiro atoms. The van der Waals surface area contributed by atoms with Crippen molar-refractivity contribution in [3.05, 3.63) is 63.8 Å². The van der Waals surface area contributed by atoms with Crippen molar-refractivity contribution in [2.75, 3.05) is 5.32 Å². The van der Waals surface area contributed by atoms with Gasteiger partial charge in [-0.05, 0) is 48.9 Å². The summed E-state index contributed by atoms with van der Waals surface area (Å²) in [6.07, 6.45) is 0. The molecule has 1 aromatic heterocycles. The highest BCUT2D eigenvalue weighted by Crippen LogP contribution is 2.26. The van der Waals surface area contributed by atoms with Crippen LogP contribution in [0.15, 0.2) is 46.9 Å². The first-order valence-electron chi connectivity index (χ1n) is 6.30. The van der Waals surface area contributed by atoms with Crippen molar-refractivity contribution in [1.82, 2.24) is 0 Å². The predicted molar refractivity (Wildman–Crippen MR) is 85.4 cm³/mol. The summed E-state index contributed by atoms with van der Waals surface area (Å²) in [5.41, 5.74) is 2.09. The Morgan fingerprint density at radius 2 is 1.95 bits per heavy atom. The van der Waals surface area contributed by atoms with Crippen LogP contribution < -0.4 is 5.32 Å². The van der Waals surface area contributed by atoms with Gasteiger partial charge in [-0.25, -0.2) is 0 Å². The Labute approximate surface area is 131 Å². The van der Waals surface area contributed by atoms with Crippen LogP contribution in [0, 0.1) is 6.92 Å². The summed E-state index contributed by atoms with van der Waals surface area (Å²) in [6, 6.07) is 12.2. The molecule has 0 fully saturated rings. The highest BCUT2D eigenvalue weighted by Gasteiger charge is 2.14. The SMILES string of the molecule is Cc1c(Cl)cccc1NC(=O)c1cc2cc(Cl)ccc2o1. The molecule has 1 heterocycles. The summed E-state index contributed by atoms with van der Waals surface area (Å²) < 4.78 is 5.52. The van der Waals surface area contributed by atoms with Crippen LogP contribution in [0.2, 0.25) is 10.0 Å². The summed E-state index contributed by atoms with van der Waals surface area (Å²) in [5, 5.41) is 4.78. The highest BCUT2D eigenvalue weighted by molar-refractivity contribution is 6.32. The minimum atomic E-state index is -0.326. The van der Waals surface area contributed by atoms with Gasteiger partial charge in [0.2, 0.25) is 0 Å². The van der Waals surface area contributed by atoms with E-state index in [0.29, 0.717) is 21.3 Å². The number of furan rings is 1. The fourth-order valence-electron chi connectivity index (χ4n) is 2.05. The van der Waals surface area contributed by atoms with Gasteiger partial charge in [0.1, 0.15) is 5.58 Å². The lowest BCUT2D eigenvalue weighted by atomic mass is 10.2. The number of amides is 1. The number of nitrogens with one attached hydrogen (secondary N) is 1. The molecule has 0 radical (unpaired) electrons. The normalized spacial score (nSPS) is 10.8. The summed E-state index contributed by atoms with van der Waals surface area (Å²) in [7, 11) is 0. The van der Waals surface area contributed by atoms with E-state index >= 15 is 0 Å². The molecule has 1 amide bonds. The Bertz CT molecular complexity index is 839. The van der Waals surface area contributed by atoms with Gasteiger partial charge in [-0.15, -0.1) is 0 Å². The lowest BCUT2D eigenvalue weighted by Crippen LogP contribution is -2.11. The van der Waals surface area contributed by atoms with Gasteiger partial charge in [0, 0.05) is 21.1 Å². The highest BCUT2D eigenvalue weighted by atomic mass is 35.5. The van der Waals surface area contributed by atoms with Gasteiger partial charge in [0.05, 0.1) is 0 Å². The van der Waals surface area contributed by atoms with E-state index in [1.54, 1.807) is 42.5 Å². The summed E-state index contributed by atoms with van der Waals surface area (Å²) in [5.74, 6) is -0.0978. The van der Waals surface area contributed by atoms with Crippen LogP contribution in [0.4, 0.5) is 5.69 Å². The predicted octanol–water partition coefficient (Wildman–Crippen LogP) is 5.30. The minimum Gasteiger partial charge on any atom is -0.451 e. The lowest BCUT2D eigenvalue weighted by Gasteiger charge is -2.07. The van der Waals surface area contributed by atoms with Gasteiger partial charge in [-0.1, -0.05) is 29.3 Å². The first kappa shape index (κ1) is 14.0. The fraction of sp³-hybridized carbons (Fsp3) is 0.0625. The van der Waals surface area contributed by atoms with Crippen molar-refractivity contribution in [2.24, 2.45) is 0 Å². The molecule has 3 aromatic rings. The van der Waals surface area contributed by atoms with Gasteiger partial charge in [0.15, 0.2) is 5.76 Å². The Kier molecular flexibility index (Phi) is 3.62. The van der Waals surface area contributed by atoms with Gasteiger partial charge in [-0.3, -0.25) is 4.79 Å². The van der Waals surface area contributed by atoms with Crippen LogP contribution in [-0.2, 0) is 0 Å². The molecule has 0 saturated carbocycles. The first-order valence-corrected chi connectivity index (χ1v) is 7.06. The topological polar surface area (TPSA) is 42.2 Å². The molecule has 0 atom stereocenters. The maximum Gasteiger partial charge on any atom is 0.291 e. The lowest BCUT2D eigenvalue weighted by molar-refractivity contribution is 0.0998. The smallest absolute Gasteiger partial charge is 0.291 e. The number of fused-ring (bicyclic) bond motifs is 1. The molecule has 1 N–H and O–H groups in total. The zero-order valence-corrected chi connectivity index (χ0v) is 12.6. The first-order chi connectivity index (χ1) is 10.0. The molecule has 106 valence electrons. The molecule has 5 heteroatoms. The van der Waals surface area contributed by atoms with Crippen molar-refractivity contribution >= 4 is 45.8 Å². The molecule has 0 aliphatic carbocycles. The Hall–Kier alpha value is -1.97. The molecule has 0 aliphatic rings. The van der Waals surface area contributed by atoms with Crippen molar-refractivity contribution in [2.45, 2.75) is 6.92 Å². The Morgan fingerprint density at radius 3 is 2.76 bits per heavy atom. The summed E-state index contributed by atoms with van der Waals surface area (Å²) >= 11 is 12.0. The molecule has 3 nitrogen and oxygen atoms in total. The minimum absolute atomic E-state index is 0.228. The molecular weight excluding hydrogens is 309 g/mol. The van der Waals surface area contributed by atoms with Gasteiger partial charge < -0.3 is 9.73 Å². The van der Waals surface area contributed by atoms with E-state index in [1.165, 1.54) is 0 Å². The number of anilines is 1. The summed E-state index contributed by atoms with van der Waals surface area (Å²) in [4.78, 5) is 12.3. The van der Waals surface area contributed by atoms with E-state index in [1.807, 2.05) is 6.92 Å². The third-order valence-electron chi connectivity index (χ3n) is 3.22. The van der Waals surface area contributed by atoms with Crippen LogP contribution in [0.3, 0.4) is 0 Å². The number of hydrogen-bond acceptors (Lipinski definition) is 2. The average Bonchev–Trinajstić information content (AvgIpc) is 2.87. The largest absolute Gasteiger partial charge is 0.451 e. The molecular formula is C16H11Cl2NO2. The molecule has 0 aliphatic heterocycles. The van der Waals surface area contributed by atoms with Gasteiger partial charge in [0.25, 0.3) is 5.91 Å². The van der Waals surface area contributed by atoms with Crippen LogP contribution in [0.5, 0.6) is 0 Å². The van der Waals surface area contributed by atoms with E-state index in [-0.39, 0.29) is 11.7 Å². The molecule has 3 rings (SSSR count). The van der Waals surface area contributed by atoms with Crippen molar-refractivity contribution in [3.63, 3.8) is 0 Å². The Morgan fingerprint density at radius 1 is 1.14 bits per heavy atom. The Balaban J connectivity index is 1.91. The number of rotatable bonds is 2. The quantitative estimate of drug-likeness (QED) is 0.696. The average molecular weight is 320 g/mol. The zero-order valence-electron chi connectivity index (χ0n) is 11.1. The van der Waals surface area contributed by atoms with E-state index in [2.05, 4.69) is 5.32 Å². The maximum absolute atomic E-state index is 12.3. The van der Waals surface area contributed by atoms with E-state index in [4.69, 9.17) is 27.6 Å². The van der Waals surface area contributed by atoms with E-state index in [9.17, 15) is 4.79 Å². The number of carbonyl (C=O) groups excluding carboxylic acids is 1. The number of carbonyl (C=O) groups is 1. The van der Waals surface area contributed by atoms with Crippen molar-refractivity contribution < 1.29 is 9.21 Å². The van der Waals surface area contributed by atoms with Crippen LogP contribution in [-0.4, -0.2) is 5.91 Å². The van der Waals surface area contributed by atoms with Gasteiger partial charge in [-0.2, -0.15) is 0 Å².